The molecule has 1 rings (SSSR count). The SMILES string of the molecule is CC(Cc1cccs1)N(C)CCCCC(=N)N. The Morgan fingerprint density at radius 1 is 1.53 bits per heavy atom. The molecule has 1 heterocycles. The topological polar surface area (TPSA) is 53.1 Å². The Morgan fingerprint density at radius 2 is 2.29 bits per heavy atom. The standard InChI is InChI=1S/C13H23N3S/c1-11(10-12-6-5-9-17-12)16(2)8-4-3-7-13(14)15/h5-6,9,11H,3-4,7-8,10H2,1-2H3,(H3,14,15). The highest BCUT2D eigenvalue weighted by atomic mass is 32.1. The van der Waals surface area contributed by atoms with Crippen LogP contribution in [0.4, 0.5) is 0 Å². The minimum Gasteiger partial charge on any atom is -0.388 e. The Kier molecular flexibility index (Phi) is 6.22. The van der Waals surface area contributed by atoms with Gasteiger partial charge < -0.3 is 10.6 Å². The maximum atomic E-state index is 7.16. The molecule has 0 fully saturated rings. The first-order chi connectivity index (χ1) is 8.09. The van der Waals surface area contributed by atoms with Gasteiger partial charge in [-0.15, -0.1) is 11.3 Å². The number of thiophene rings is 1. The van der Waals surface area contributed by atoms with Crippen LogP contribution in [-0.4, -0.2) is 30.4 Å². The third kappa shape index (κ3) is 5.84. The van der Waals surface area contributed by atoms with Crippen LogP contribution in [0.3, 0.4) is 0 Å². The molecule has 0 radical (unpaired) electrons. The highest BCUT2D eigenvalue weighted by molar-refractivity contribution is 7.09. The lowest BCUT2D eigenvalue weighted by Crippen LogP contribution is -2.31. The number of nitrogens with zero attached hydrogens (tertiary/aromatic N) is 1. The van der Waals surface area contributed by atoms with Crippen molar-refractivity contribution < 1.29 is 0 Å². The van der Waals surface area contributed by atoms with Gasteiger partial charge in [-0.05, 0) is 51.2 Å². The fraction of sp³-hybridized carbons (Fsp3) is 0.615. The van der Waals surface area contributed by atoms with Gasteiger partial charge >= 0.3 is 0 Å². The first-order valence-electron chi connectivity index (χ1n) is 6.15. The van der Waals surface area contributed by atoms with Gasteiger partial charge in [0, 0.05) is 17.3 Å². The number of amidine groups is 1. The van der Waals surface area contributed by atoms with Crippen molar-refractivity contribution in [2.75, 3.05) is 13.6 Å². The van der Waals surface area contributed by atoms with E-state index in [-0.39, 0.29) is 0 Å². The van der Waals surface area contributed by atoms with Gasteiger partial charge in [0.25, 0.3) is 0 Å². The summed E-state index contributed by atoms with van der Waals surface area (Å²) in [5.74, 6) is 0.305. The maximum absolute atomic E-state index is 7.16. The number of hydrogen-bond donors (Lipinski definition) is 2. The highest BCUT2D eigenvalue weighted by Crippen LogP contribution is 2.13. The van der Waals surface area contributed by atoms with E-state index >= 15 is 0 Å². The van der Waals surface area contributed by atoms with Crippen LogP contribution in [0.1, 0.15) is 31.1 Å². The van der Waals surface area contributed by atoms with Gasteiger partial charge in [0.2, 0.25) is 0 Å². The molecular weight excluding hydrogens is 230 g/mol. The fourth-order valence-corrected chi connectivity index (χ4v) is 2.60. The number of rotatable bonds is 8. The highest BCUT2D eigenvalue weighted by Gasteiger charge is 2.09. The maximum Gasteiger partial charge on any atom is 0.0905 e. The Hall–Kier alpha value is -0.870. The largest absolute Gasteiger partial charge is 0.388 e. The quantitative estimate of drug-likeness (QED) is 0.425. The van der Waals surface area contributed by atoms with Gasteiger partial charge in [0.15, 0.2) is 0 Å². The van der Waals surface area contributed by atoms with Crippen LogP contribution in [0.2, 0.25) is 0 Å². The van der Waals surface area contributed by atoms with Gasteiger partial charge in [-0.3, -0.25) is 5.41 Å². The third-order valence-corrected chi connectivity index (χ3v) is 3.93. The van der Waals surface area contributed by atoms with E-state index in [1.807, 2.05) is 11.3 Å². The molecule has 1 unspecified atom stereocenters. The molecule has 4 heteroatoms. The zero-order chi connectivity index (χ0) is 12.7. The van der Waals surface area contributed by atoms with E-state index < -0.39 is 0 Å². The van der Waals surface area contributed by atoms with E-state index in [9.17, 15) is 0 Å². The summed E-state index contributed by atoms with van der Waals surface area (Å²) < 4.78 is 0. The zero-order valence-electron chi connectivity index (χ0n) is 10.8. The van der Waals surface area contributed by atoms with E-state index in [1.54, 1.807) is 0 Å². The molecule has 0 saturated heterocycles. The predicted molar refractivity (Wildman–Crippen MR) is 75.9 cm³/mol. The number of hydrogen-bond acceptors (Lipinski definition) is 3. The van der Waals surface area contributed by atoms with Crippen LogP contribution in [0, 0.1) is 5.41 Å². The van der Waals surface area contributed by atoms with Crippen LogP contribution in [-0.2, 0) is 6.42 Å². The van der Waals surface area contributed by atoms with Crippen molar-refractivity contribution in [2.24, 2.45) is 5.73 Å². The second kappa shape index (κ2) is 7.45. The normalized spacial score (nSPS) is 12.9. The van der Waals surface area contributed by atoms with Gasteiger partial charge in [0.1, 0.15) is 0 Å². The fourth-order valence-electron chi connectivity index (χ4n) is 1.77. The predicted octanol–water partition coefficient (Wildman–Crippen LogP) is 2.72. The van der Waals surface area contributed by atoms with Gasteiger partial charge in [-0.1, -0.05) is 6.07 Å². The van der Waals surface area contributed by atoms with Crippen LogP contribution in [0.25, 0.3) is 0 Å². The second-order valence-corrected chi connectivity index (χ2v) is 5.63. The third-order valence-electron chi connectivity index (χ3n) is 3.04. The van der Waals surface area contributed by atoms with E-state index in [1.165, 1.54) is 4.88 Å². The summed E-state index contributed by atoms with van der Waals surface area (Å²) in [7, 11) is 2.17. The molecule has 1 aromatic heterocycles. The summed E-state index contributed by atoms with van der Waals surface area (Å²) in [4.78, 5) is 3.84. The lowest BCUT2D eigenvalue weighted by Gasteiger charge is -2.24. The lowest BCUT2D eigenvalue weighted by atomic mass is 10.1. The summed E-state index contributed by atoms with van der Waals surface area (Å²) in [6.07, 6.45) is 3.99. The molecule has 0 spiro atoms. The summed E-state index contributed by atoms with van der Waals surface area (Å²) in [6, 6.07) is 4.88. The van der Waals surface area contributed by atoms with Crippen molar-refractivity contribution in [1.82, 2.24) is 4.90 Å². The molecule has 17 heavy (non-hydrogen) atoms. The number of unbranched alkanes of at least 4 members (excludes halogenated alkanes) is 1. The monoisotopic (exact) mass is 253 g/mol. The average Bonchev–Trinajstić information content (AvgIpc) is 2.76. The summed E-state index contributed by atoms with van der Waals surface area (Å²) in [5.41, 5.74) is 5.33. The minimum absolute atomic E-state index is 0.305. The van der Waals surface area contributed by atoms with Crippen molar-refractivity contribution >= 4 is 17.2 Å². The molecule has 0 aliphatic carbocycles. The van der Waals surface area contributed by atoms with Crippen molar-refractivity contribution in [3.63, 3.8) is 0 Å². The molecule has 0 aromatic carbocycles. The second-order valence-electron chi connectivity index (χ2n) is 4.60. The average molecular weight is 253 g/mol. The van der Waals surface area contributed by atoms with Crippen molar-refractivity contribution in [3.05, 3.63) is 22.4 Å². The van der Waals surface area contributed by atoms with Crippen LogP contribution >= 0.6 is 11.3 Å². The smallest absolute Gasteiger partial charge is 0.0905 e. The number of nitrogens with two attached hydrogens (primary N) is 1. The van der Waals surface area contributed by atoms with Crippen molar-refractivity contribution in [1.29, 1.82) is 5.41 Å². The Balaban J connectivity index is 2.18. The molecule has 0 saturated carbocycles. The molecule has 0 aliphatic rings. The number of nitrogens with one attached hydrogen (secondary N) is 1. The number of likely N-dealkylation sites (N-methyl/N-ethyl adjacent to an activating group) is 1. The van der Waals surface area contributed by atoms with Gasteiger partial charge in [-0.25, -0.2) is 0 Å². The molecule has 0 aliphatic heterocycles. The van der Waals surface area contributed by atoms with Crippen molar-refractivity contribution in [2.45, 2.75) is 38.6 Å². The van der Waals surface area contributed by atoms with Gasteiger partial charge in [-0.2, -0.15) is 0 Å². The first-order valence-corrected chi connectivity index (χ1v) is 7.03. The Bertz CT molecular complexity index is 321. The van der Waals surface area contributed by atoms with E-state index in [2.05, 4.69) is 36.4 Å². The van der Waals surface area contributed by atoms with Gasteiger partial charge in [0.05, 0.1) is 5.84 Å². The van der Waals surface area contributed by atoms with Crippen LogP contribution in [0.15, 0.2) is 17.5 Å². The lowest BCUT2D eigenvalue weighted by molar-refractivity contribution is 0.252. The Labute approximate surface area is 108 Å². The first kappa shape index (κ1) is 14.2. The molecular formula is C13H23N3S. The molecule has 1 atom stereocenters. The van der Waals surface area contributed by atoms with Crippen molar-refractivity contribution in [3.8, 4) is 0 Å². The molecule has 96 valence electrons. The van der Waals surface area contributed by atoms with Crippen LogP contribution in [0.5, 0.6) is 0 Å². The van der Waals surface area contributed by atoms with E-state index in [0.29, 0.717) is 11.9 Å². The summed E-state index contributed by atoms with van der Waals surface area (Å²) >= 11 is 1.83. The molecule has 1 aromatic rings. The molecule has 0 amide bonds. The molecule has 3 nitrogen and oxygen atoms in total. The van der Waals surface area contributed by atoms with E-state index in [0.717, 1.165) is 32.2 Å². The minimum atomic E-state index is 0.305. The molecule has 3 N–H and O–H groups in total. The zero-order valence-corrected chi connectivity index (χ0v) is 11.6. The Morgan fingerprint density at radius 3 is 2.88 bits per heavy atom. The summed E-state index contributed by atoms with van der Waals surface area (Å²) in [6.45, 7) is 3.35. The summed E-state index contributed by atoms with van der Waals surface area (Å²) in [5, 5.41) is 9.29. The van der Waals surface area contributed by atoms with Crippen LogP contribution < -0.4 is 5.73 Å². The van der Waals surface area contributed by atoms with E-state index in [4.69, 9.17) is 11.1 Å². The molecule has 0 bridgehead atoms.